The van der Waals surface area contributed by atoms with Crippen molar-refractivity contribution in [3.05, 3.63) is 29.3 Å². The fourth-order valence-electron chi connectivity index (χ4n) is 3.45. The molecule has 2 heterocycles. The average Bonchev–Trinajstić information content (AvgIpc) is 2.65. The van der Waals surface area contributed by atoms with Gasteiger partial charge in [-0.25, -0.2) is 0 Å². The third kappa shape index (κ3) is 5.59. The lowest BCUT2D eigenvalue weighted by molar-refractivity contribution is -0.133. The predicted molar refractivity (Wildman–Crippen MR) is 100 cm³/mol. The lowest BCUT2D eigenvalue weighted by Crippen LogP contribution is -2.51. The van der Waals surface area contributed by atoms with Crippen molar-refractivity contribution >= 4 is 17.5 Å². The smallest absolute Gasteiger partial charge is 0.236 e. The van der Waals surface area contributed by atoms with Crippen LogP contribution in [0.2, 0.25) is 5.02 Å². The van der Waals surface area contributed by atoms with Crippen molar-refractivity contribution in [3.63, 3.8) is 0 Å². The molecule has 6 heteroatoms. The molecule has 0 saturated carbocycles. The number of halogens is 1. The van der Waals surface area contributed by atoms with E-state index in [1.807, 2.05) is 29.2 Å². The third-order valence-corrected chi connectivity index (χ3v) is 5.35. The average molecular weight is 366 g/mol. The first kappa shape index (κ1) is 18.5. The highest BCUT2D eigenvalue weighted by molar-refractivity contribution is 6.32. The van der Waals surface area contributed by atoms with Crippen molar-refractivity contribution in [1.29, 1.82) is 0 Å². The number of piperazine rings is 1. The molecule has 2 aliphatic rings. The number of rotatable bonds is 6. The van der Waals surface area contributed by atoms with Gasteiger partial charge in [0.25, 0.3) is 0 Å². The summed E-state index contributed by atoms with van der Waals surface area (Å²) < 4.78 is 5.76. The van der Waals surface area contributed by atoms with Crippen LogP contribution in [0, 0.1) is 0 Å². The van der Waals surface area contributed by atoms with Crippen LogP contribution in [0.25, 0.3) is 0 Å². The van der Waals surface area contributed by atoms with Crippen molar-refractivity contribution in [1.82, 2.24) is 14.7 Å². The van der Waals surface area contributed by atoms with Crippen molar-refractivity contribution in [2.45, 2.75) is 19.3 Å². The quantitative estimate of drug-likeness (QED) is 0.775. The Bertz CT molecular complexity index is 555. The fraction of sp³-hybridized carbons (Fsp3) is 0.632. The molecular weight excluding hydrogens is 338 g/mol. The van der Waals surface area contributed by atoms with E-state index < -0.39 is 0 Å². The predicted octanol–water partition coefficient (Wildman–Crippen LogP) is 2.35. The van der Waals surface area contributed by atoms with Crippen molar-refractivity contribution in [2.75, 3.05) is 59.0 Å². The van der Waals surface area contributed by atoms with Gasteiger partial charge in [-0.05, 0) is 31.4 Å². The molecule has 138 valence electrons. The van der Waals surface area contributed by atoms with Crippen LogP contribution >= 0.6 is 11.6 Å². The molecule has 0 unspecified atom stereocenters. The Labute approximate surface area is 155 Å². The number of amides is 1. The SMILES string of the molecule is O=C(CN1CCN(CCOc2ccccc2Cl)CC1)N1CCCCC1. The van der Waals surface area contributed by atoms with Crippen LogP contribution in [0.1, 0.15) is 19.3 Å². The molecule has 3 rings (SSSR count). The molecule has 2 saturated heterocycles. The molecule has 1 amide bonds. The van der Waals surface area contributed by atoms with Crippen molar-refractivity contribution < 1.29 is 9.53 Å². The van der Waals surface area contributed by atoms with Crippen LogP contribution in [0.3, 0.4) is 0 Å². The number of nitrogens with zero attached hydrogens (tertiary/aromatic N) is 3. The van der Waals surface area contributed by atoms with Crippen LogP contribution < -0.4 is 4.74 Å². The van der Waals surface area contributed by atoms with Gasteiger partial charge in [-0.15, -0.1) is 0 Å². The van der Waals surface area contributed by atoms with Crippen LogP contribution in [0.4, 0.5) is 0 Å². The molecule has 25 heavy (non-hydrogen) atoms. The molecule has 0 atom stereocenters. The van der Waals surface area contributed by atoms with E-state index in [1.165, 1.54) is 6.42 Å². The number of benzene rings is 1. The highest BCUT2D eigenvalue weighted by Crippen LogP contribution is 2.22. The summed E-state index contributed by atoms with van der Waals surface area (Å²) in [5, 5.41) is 0.656. The zero-order chi connectivity index (χ0) is 17.5. The summed E-state index contributed by atoms with van der Waals surface area (Å²) in [6, 6.07) is 7.57. The second-order valence-electron chi connectivity index (χ2n) is 6.84. The summed E-state index contributed by atoms with van der Waals surface area (Å²) in [7, 11) is 0. The standard InChI is InChI=1S/C19H28ClN3O2/c20-17-6-2-3-7-18(17)25-15-14-21-10-12-22(13-11-21)16-19(24)23-8-4-1-5-9-23/h2-3,6-7H,1,4-5,8-16H2. The highest BCUT2D eigenvalue weighted by Gasteiger charge is 2.22. The summed E-state index contributed by atoms with van der Waals surface area (Å²) in [4.78, 5) is 19.0. The Kier molecular flexibility index (Phi) is 6.96. The molecule has 0 aromatic heterocycles. The van der Waals surface area contributed by atoms with E-state index in [9.17, 15) is 4.79 Å². The Balaban J connectivity index is 1.33. The minimum Gasteiger partial charge on any atom is -0.491 e. The highest BCUT2D eigenvalue weighted by atomic mass is 35.5. The zero-order valence-corrected chi connectivity index (χ0v) is 15.6. The molecule has 0 aliphatic carbocycles. The number of carbonyl (C=O) groups excluding carboxylic acids is 1. The molecule has 0 radical (unpaired) electrons. The van der Waals surface area contributed by atoms with Gasteiger partial charge in [0.1, 0.15) is 12.4 Å². The first-order valence-electron chi connectivity index (χ1n) is 9.32. The Morgan fingerprint density at radius 1 is 0.960 bits per heavy atom. The molecule has 0 spiro atoms. The summed E-state index contributed by atoms with van der Waals surface area (Å²) in [5.41, 5.74) is 0. The lowest BCUT2D eigenvalue weighted by atomic mass is 10.1. The summed E-state index contributed by atoms with van der Waals surface area (Å²) in [6.07, 6.45) is 3.58. The molecule has 2 fully saturated rings. The monoisotopic (exact) mass is 365 g/mol. The van der Waals surface area contributed by atoms with E-state index in [0.29, 0.717) is 24.1 Å². The van der Waals surface area contributed by atoms with Crippen LogP contribution in [-0.2, 0) is 4.79 Å². The van der Waals surface area contributed by atoms with Gasteiger partial charge in [-0.1, -0.05) is 23.7 Å². The fourth-order valence-corrected chi connectivity index (χ4v) is 3.64. The van der Waals surface area contributed by atoms with Crippen LogP contribution in [0.5, 0.6) is 5.75 Å². The van der Waals surface area contributed by atoms with Crippen LogP contribution in [0.15, 0.2) is 24.3 Å². The van der Waals surface area contributed by atoms with Crippen molar-refractivity contribution in [3.8, 4) is 5.75 Å². The molecule has 1 aromatic carbocycles. The number of piperidine rings is 1. The van der Waals surface area contributed by atoms with Gasteiger partial charge in [0.15, 0.2) is 0 Å². The van der Waals surface area contributed by atoms with Crippen LogP contribution in [-0.4, -0.2) is 79.6 Å². The molecule has 1 aromatic rings. The topological polar surface area (TPSA) is 36.0 Å². The largest absolute Gasteiger partial charge is 0.491 e. The number of likely N-dealkylation sites (tertiary alicyclic amines) is 1. The van der Waals surface area contributed by atoms with E-state index in [-0.39, 0.29) is 0 Å². The maximum absolute atomic E-state index is 12.3. The third-order valence-electron chi connectivity index (χ3n) is 5.03. The maximum atomic E-state index is 12.3. The minimum atomic E-state index is 0.301. The van der Waals surface area contributed by atoms with E-state index in [1.54, 1.807) is 0 Å². The maximum Gasteiger partial charge on any atom is 0.236 e. The summed E-state index contributed by atoms with van der Waals surface area (Å²) >= 11 is 6.10. The molecule has 2 aliphatic heterocycles. The second-order valence-corrected chi connectivity index (χ2v) is 7.25. The van der Waals surface area contributed by atoms with E-state index in [4.69, 9.17) is 16.3 Å². The van der Waals surface area contributed by atoms with Gasteiger partial charge in [-0.2, -0.15) is 0 Å². The molecule has 5 nitrogen and oxygen atoms in total. The number of carbonyl (C=O) groups is 1. The first-order valence-corrected chi connectivity index (χ1v) is 9.70. The number of hydrogen-bond acceptors (Lipinski definition) is 4. The second kappa shape index (κ2) is 9.41. The Hall–Kier alpha value is -1.30. The summed E-state index contributed by atoms with van der Waals surface area (Å²) in [6.45, 7) is 7.85. The zero-order valence-electron chi connectivity index (χ0n) is 14.8. The van der Waals surface area contributed by atoms with Gasteiger partial charge < -0.3 is 9.64 Å². The summed E-state index contributed by atoms with van der Waals surface area (Å²) in [5.74, 6) is 1.05. The van der Waals surface area contributed by atoms with Gasteiger partial charge in [0.2, 0.25) is 5.91 Å². The Morgan fingerprint density at radius 2 is 1.64 bits per heavy atom. The number of para-hydroxylation sites is 1. The lowest BCUT2D eigenvalue weighted by Gasteiger charge is -2.36. The number of ether oxygens (including phenoxy) is 1. The van der Waals surface area contributed by atoms with Gasteiger partial charge in [0, 0.05) is 45.8 Å². The van der Waals surface area contributed by atoms with E-state index in [2.05, 4.69) is 9.80 Å². The molecular formula is C19H28ClN3O2. The van der Waals surface area contributed by atoms with Gasteiger partial charge in [0.05, 0.1) is 11.6 Å². The van der Waals surface area contributed by atoms with E-state index >= 15 is 0 Å². The Morgan fingerprint density at radius 3 is 2.36 bits per heavy atom. The van der Waals surface area contributed by atoms with Gasteiger partial charge >= 0.3 is 0 Å². The number of hydrogen-bond donors (Lipinski definition) is 0. The molecule has 0 bridgehead atoms. The molecule has 0 N–H and O–H groups in total. The van der Waals surface area contributed by atoms with E-state index in [0.717, 1.165) is 64.4 Å². The first-order chi connectivity index (χ1) is 12.2. The van der Waals surface area contributed by atoms with Gasteiger partial charge in [-0.3, -0.25) is 14.6 Å². The normalized spacial score (nSPS) is 19.8. The minimum absolute atomic E-state index is 0.301. The van der Waals surface area contributed by atoms with Crippen molar-refractivity contribution in [2.24, 2.45) is 0 Å².